The number of nitrogens with zero attached hydrogens (tertiary/aromatic N) is 2. The molecule has 1 aliphatic rings. The van der Waals surface area contributed by atoms with Gasteiger partial charge in [0.15, 0.2) is 0 Å². The molecule has 2 amide bonds. The van der Waals surface area contributed by atoms with Crippen molar-refractivity contribution < 1.29 is 9.59 Å². The minimum atomic E-state index is -0.228. The first-order valence-electron chi connectivity index (χ1n) is 8.93. The van der Waals surface area contributed by atoms with Crippen molar-refractivity contribution in [3.63, 3.8) is 0 Å². The number of pyridine rings is 1. The van der Waals surface area contributed by atoms with Crippen molar-refractivity contribution in [3.05, 3.63) is 41.6 Å². The monoisotopic (exact) mass is 339 g/mol. The summed E-state index contributed by atoms with van der Waals surface area (Å²) in [5.41, 5.74) is 2.52. The van der Waals surface area contributed by atoms with E-state index in [1.165, 1.54) is 0 Å². The number of hydrogen-bond acceptors (Lipinski definition) is 3. The fraction of sp³-hybridized carbons (Fsp3) is 0.450. The van der Waals surface area contributed by atoms with Crippen LogP contribution in [0.4, 0.5) is 0 Å². The predicted molar refractivity (Wildman–Crippen MR) is 98.6 cm³/mol. The van der Waals surface area contributed by atoms with Gasteiger partial charge in [-0.2, -0.15) is 0 Å². The van der Waals surface area contributed by atoms with Crippen LogP contribution in [-0.2, 0) is 4.79 Å². The van der Waals surface area contributed by atoms with Crippen molar-refractivity contribution in [1.29, 1.82) is 0 Å². The maximum Gasteiger partial charge on any atom is 0.252 e. The molecule has 1 aromatic heterocycles. The van der Waals surface area contributed by atoms with E-state index < -0.39 is 0 Å². The van der Waals surface area contributed by atoms with E-state index in [-0.39, 0.29) is 24.4 Å². The molecule has 3 rings (SSSR count). The van der Waals surface area contributed by atoms with E-state index in [1.807, 2.05) is 23.1 Å². The minimum Gasteiger partial charge on any atom is -0.343 e. The Labute approximate surface area is 148 Å². The van der Waals surface area contributed by atoms with Gasteiger partial charge in [-0.1, -0.05) is 19.9 Å². The van der Waals surface area contributed by atoms with Crippen LogP contribution in [0.25, 0.3) is 10.9 Å². The molecule has 0 spiro atoms. The molecule has 1 N–H and O–H groups in total. The molecular formula is C20H25N3O2. The van der Waals surface area contributed by atoms with Crippen molar-refractivity contribution in [2.24, 2.45) is 0 Å². The molecule has 0 aliphatic carbocycles. The standard InChI is InChI=1S/C20H25N3O2/c1-13(2)15-6-7-18-17(11-15)16(8-9-21-18)20(25)22-12-19(24)23-10-4-5-14(23)3/h6-9,11,13-14H,4-5,10,12H2,1-3H3,(H,22,25)/t14-/m1/s1. The molecule has 2 heterocycles. The Kier molecular flexibility index (Phi) is 5.02. The van der Waals surface area contributed by atoms with Gasteiger partial charge < -0.3 is 10.2 Å². The van der Waals surface area contributed by atoms with Crippen LogP contribution in [0.3, 0.4) is 0 Å². The van der Waals surface area contributed by atoms with Gasteiger partial charge in [0.25, 0.3) is 5.91 Å². The molecule has 0 unspecified atom stereocenters. The Morgan fingerprint density at radius 1 is 1.32 bits per heavy atom. The summed E-state index contributed by atoms with van der Waals surface area (Å²) in [5, 5.41) is 3.61. The van der Waals surface area contributed by atoms with E-state index in [1.54, 1.807) is 12.3 Å². The molecule has 5 nitrogen and oxygen atoms in total. The number of carbonyl (C=O) groups excluding carboxylic acids is 2. The molecule has 2 aromatic rings. The van der Waals surface area contributed by atoms with Gasteiger partial charge >= 0.3 is 0 Å². The predicted octanol–water partition coefficient (Wildman–Crippen LogP) is 3.10. The third-order valence-electron chi connectivity index (χ3n) is 4.95. The van der Waals surface area contributed by atoms with E-state index >= 15 is 0 Å². The van der Waals surface area contributed by atoms with Gasteiger partial charge in [-0.05, 0) is 49.4 Å². The van der Waals surface area contributed by atoms with Crippen LogP contribution < -0.4 is 5.32 Å². The number of benzene rings is 1. The highest BCUT2D eigenvalue weighted by molar-refractivity contribution is 6.07. The third kappa shape index (κ3) is 3.65. The molecule has 1 fully saturated rings. The van der Waals surface area contributed by atoms with Gasteiger partial charge in [0.2, 0.25) is 5.91 Å². The summed E-state index contributed by atoms with van der Waals surface area (Å²) >= 11 is 0. The van der Waals surface area contributed by atoms with E-state index in [2.05, 4.69) is 31.1 Å². The SMILES string of the molecule is CC(C)c1ccc2nccc(C(=O)NCC(=O)N3CCC[C@H]3C)c2c1. The van der Waals surface area contributed by atoms with Crippen LogP contribution in [0.1, 0.15) is 55.5 Å². The molecule has 25 heavy (non-hydrogen) atoms. The molecule has 0 saturated carbocycles. The van der Waals surface area contributed by atoms with Crippen molar-refractivity contribution in [3.8, 4) is 0 Å². The lowest BCUT2D eigenvalue weighted by atomic mass is 9.99. The Morgan fingerprint density at radius 2 is 2.12 bits per heavy atom. The first-order valence-corrected chi connectivity index (χ1v) is 8.93. The van der Waals surface area contributed by atoms with E-state index in [9.17, 15) is 9.59 Å². The summed E-state index contributed by atoms with van der Waals surface area (Å²) in [6.45, 7) is 7.11. The highest BCUT2D eigenvalue weighted by atomic mass is 16.2. The van der Waals surface area contributed by atoms with E-state index in [0.29, 0.717) is 11.5 Å². The van der Waals surface area contributed by atoms with Crippen molar-refractivity contribution in [2.75, 3.05) is 13.1 Å². The highest BCUT2D eigenvalue weighted by Crippen LogP contribution is 2.23. The van der Waals surface area contributed by atoms with Gasteiger partial charge in [-0.15, -0.1) is 0 Å². The zero-order chi connectivity index (χ0) is 18.0. The van der Waals surface area contributed by atoms with Crippen molar-refractivity contribution in [1.82, 2.24) is 15.2 Å². The van der Waals surface area contributed by atoms with Crippen LogP contribution in [0.2, 0.25) is 0 Å². The van der Waals surface area contributed by atoms with Crippen LogP contribution in [0.5, 0.6) is 0 Å². The van der Waals surface area contributed by atoms with Crippen LogP contribution in [0, 0.1) is 0 Å². The Hall–Kier alpha value is -2.43. The summed E-state index contributed by atoms with van der Waals surface area (Å²) in [5.74, 6) is 0.131. The van der Waals surface area contributed by atoms with Crippen LogP contribution >= 0.6 is 0 Å². The maximum atomic E-state index is 12.6. The average molecular weight is 339 g/mol. The summed E-state index contributed by atoms with van der Waals surface area (Å²) in [6, 6.07) is 7.98. The Bertz CT molecular complexity index is 801. The molecule has 1 saturated heterocycles. The fourth-order valence-electron chi connectivity index (χ4n) is 3.38. The van der Waals surface area contributed by atoms with Crippen LogP contribution in [0.15, 0.2) is 30.5 Å². The first kappa shape index (κ1) is 17.4. The second-order valence-electron chi connectivity index (χ2n) is 7.05. The fourth-order valence-corrected chi connectivity index (χ4v) is 3.38. The molecule has 1 atom stereocenters. The van der Waals surface area contributed by atoms with E-state index in [4.69, 9.17) is 0 Å². The average Bonchev–Trinajstić information content (AvgIpc) is 3.04. The summed E-state index contributed by atoms with van der Waals surface area (Å²) in [6.07, 6.45) is 3.71. The number of fused-ring (bicyclic) bond motifs is 1. The third-order valence-corrected chi connectivity index (χ3v) is 4.95. The lowest BCUT2D eigenvalue weighted by Gasteiger charge is -2.21. The van der Waals surface area contributed by atoms with Gasteiger partial charge in [0.1, 0.15) is 0 Å². The minimum absolute atomic E-state index is 0.0143. The number of hydrogen-bond donors (Lipinski definition) is 1. The molecule has 0 radical (unpaired) electrons. The normalized spacial score (nSPS) is 17.3. The zero-order valence-corrected chi connectivity index (χ0v) is 15.1. The van der Waals surface area contributed by atoms with Crippen molar-refractivity contribution >= 4 is 22.7 Å². The lowest BCUT2D eigenvalue weighted by molar-refractivity contribution is -0.130. The molecule has 0 bridgehead atoms. The van der Waals surface area contributed by atoms with Gasteiger partial charge in [-0.3, -0.25) is 14.6 Å². The van der Waals surface area contributed by atoms with Gasteiger partial charge in [-0.25, -0.2) is 0 Å². The van der Waals surface area contributed by atoms with Crippen LogP contribution in [-0.4, -0.2) is 40.8 Å². The Balaban J connectivity index is 1.77. The Morgan fingerprint density at radius 3 is 2.80 bits per heavy atom. The highest BCUT2D eigenvalue weighted by Gasteiger charge is 2.25. The molecule has 132 valence electrons. The number of likely N-dealkylation sites (tertiary alicyclic amines) is 1. The quantitative estimate of drug-likeness (QED) is 0.931. The van der Waals surface area contributed by atoms with Gasteiger partial charge in [0, 0.05) is 24.2 Å². The largest absolute Gasteiger partial charge is 0.343 e. The number of carbonyl (C=O) groups is 2. The zero-order valence-electron chi connectivity index (χ0n) is 15.1. The van der Waals surface area contributed by atoms with Crippen molar-refractivity contribution in [2.45, 2.75) is 45.6 Å². The molecular weight excluding hydrogens is 314 g/mol. The number of aromatic nitrogens is 1. The maximum absolute atomic E-state index is 12.6. The number of amides is 2. The second-order valence-corrected chi connectivity index (χ2v) is 7.05. The van der Waals surface area contributed by atoms with Gasteiger partial charge in [0.05, 0.1) is 17.6 Å². The number of rotatable bonds is 4. The second kappa shape index (κ2) is 7.21. The topological polar surface area (TPSA) is 62.3 Å². The molecule has 5 heteroatoms. The number of nitrogens with one attached hydrogen (secondary N) is 1. The lowest BCUT2D eigenvalue weighted by Crippen LogP contribution is -2.41. The summed E-state index contributed by atoms with van der Waals surface area (Å²) in [7, 11) is 0. The molecule has 1 aromatic carbocycles. The molecule has 1 aliphatic heterocycles. The first-order chi connectivity index (χ1) is 12.0. The smallest absolute Gasteiger partial charge is 0.252 e. The summed E-state index contributed by atoms with van der Waals surface area (Å²) in [4.78, 5) is 31.1. The van der Waals surface area contributed by atoms with E-state index in [0.717, 1.165) is 35.9 Å². The summed E-state index contributed by atoms with van der Waals surface area (Å²) < 4.78 is 0.